The molecule has 23 heavy (non-hydrogen) atoms. The molecule has 0 fully saturated rings. The van der Waals surface area contributed by atoms with Gasteiger partial charge in [0.05, 0.1) is 17.4 Å². The molecule has 2 rings (SSSR count). The third-order valence-electron chi connectivity index (χ3n) is 2.83. The van der Waals surface area contributed by atoms with Gasteiger partial charge in [0.15, 0.2) is 0 Å². The van der Waals surface area contributed by atoms with Crippen LogP contribution in [0.4, 0.5) is 4.79 Å². The first-order valence-corrected chi connectivity index (χ1v) is 7.37. The molecule has 0 saturated heterocycles. The zero-order valence-corrected chi connectivity index (χ0v) is 13.8. The van der Waals surface area contributed by atoms with E-state index in [4.69, 9.17) is 9.47 Å². The van der Waals surface area contributed by atoms with Gasteiger partial charge in [-0.05, 0) is 32.9 Å². The summed E-state index contributed by atoms with van der Waals surface area (Å²) in [6, 6.07) is 7.37. The second-order valence-corrected chi connectivity index (χ2v) is 6.07. The smallest absolute Gasteiger partial charge is 0.407 e. The molecule has 0 aliphatic rings. The number of carbonyl (C=O) groups excluding carboxylic acids is 2. The molecule has 0 atom stereocenters. The number of esters is 1. The Morgan fingerprint density at radius 1 is 1.26 bits per heavy atom. The van der Waals surface area contributed by atoms with Gasteiger partial charge < -0.3 is 14.8 Å². The van der Waals surface area contributed by atoms with Crippen molar-refractivity contribution in [3.63, 3.8) is 0 Å². The second-order valence-electron chi connectivity index (χ2n) is 6.07. The summed E-state index contributed by atoms with van der Waals surface area (Å²) >= 11 is 0. The molecule has 0 saturated carbocycles. The van der Waals surface area contributed by atoms with Gasteiger partial charge in [0.1, 0.15) is 5.60 Å². The van der Waals surface area contributed by atoms with Crippen molar-refractivity contribution in [2.45, 2.75) is 39.8 Å². The van der Waals surface area contributed by atoms with Crippen LogP contribution in [0.25, 0.3) is 10.9 Å². The molecule has 1 amide bonds. The fourth-order valence-electron chi connectivity index (χ4n) is 2.03. The topological polar surface area (TPSA) is 82.5 Å². The van der Waals surface area contributed by atoms with Gasteiger partial charge in [-0.2, -0.15) is 5.10 Å². The molecule has 0 spiro atoms. The second kappa shape index (κ2) is 6.68. The van der Waals surface area contributed by atoms with Crippen LogP contribution < -0.4 is 10.1 Å². The number of benzene rings is 1. The Hall–Kier alpha value is -2.57. The Morgan fingerprint density at radius 2 is 1.96 bits per heavy atom. The minimum absolute atomic E-state index is 0.303. The van der Waals surface area contributed by atoms with Gasteiger partial charge in [-0.3, -0.25) is 4.79 Å². The Bertz CT molecular complexity index is 716. The van der Waals surface area contributed by atoms with E-state index >= 15 is 0 Å². The first kappa shape index (κ1) is 16.8. The highest BCUT2D eigenvalue weighted by molar-refractivity contribution is 5.86. The van der Waals surface area contributed by atoms with E-state index in [0.29, 0.717) is 19.0 Å². The molecule has 1 aromatic carbocycles. The first-order valence-electron chi connectivity index (χ1n) is 7.37. The van der Waals surface area contributed by atoms with E-state index in [1.54, 1.807) is 25.5 Å². The quantitative estimate of drug-likeness (QED) is 0.876. The van der Waals surface area contributed by atoms with Crippen LogP contribution in [0.1, 0.15) is 27.7 Å². The summed E-state index contributed by atoms with van der Waals surface area (Å²) in [7, 11) is 0. The standard InChI is InChI=1S/C16H21N3O4/c1-11(20)22-14-12-7-5-6-8-13(12)18-19(14)10-9-17-15(21)23-16(2,3)4/h5-8H,9-10H2,1-4H3,(H,17,21). The van der Waals surface area contributed by atoms with Gasteiger partial charge in [0, 0.05) is 13.5 Å². The fraction of sp³-hybridized carbons (Fsp3) is 0.438. The minimum atomic E-state index is -0.548. The van der Waals surface area contributed by atoms with E-state index < -0.39 is 17.7 Å². The van der Waals surface area contributed by atoms with E-state index in [1.807, 2.05) is 24.3 Å². The van der Waals surface area contributed by atoms with Crippen molar-refractivity contribution in [3.8, 4) is 5.88 Å². The van der Waals surface area contributed by atoms with Crippen LogP contribution in [-0.2, 0) is 16.1 Å². The molecule has 0 aliphatic carbocycles. The Labute approximate surface area is 134 Å². The molecule has 1 heterocycles. The van der Waals surface area contributed by atoms with Crippen LogP contribution in [0.3, 0.4) is 0 Å². The third kappa shape index (κ3) is 4.70. The number of carbonyl (C=O) groups is 2. The lowest BCUT2D eigenvalue weighted by atomic mass is 10.2. The Balaban J connectivity index is 2.07. The largest absolute Gasteiger partial charge is 0.444 e. The van der Waals surface area contributed by atoms with Crippen molar-refractivity contribution in [1.82, 2.24) is 15.1 Å². The highest BCUT2D eigenvalue weighted by Crippen LogP contribution is 2.25. The number of aromatic nitrogens is 2. The maximum absolute atomic E-state index is 11.6. The van der Waals surface area contributed by atoms with E-state index in [2.05, 4.69) is 10.4 Å². The molecule has 0 unspecified atom stereocenters. The van der Waals surface area contributed by atoms with Crippen molar-refractivity contribution in [2.24, 2.45) is 0 Å². The van der Waals surface area contributed by atoms with Crippen molar-refractivity contribution in [3.05, 3.63) is 24.3 Å². The van der Waals surface area contributed by atoms with E-state index in [0.717, 1.165) is 10.9 Å². The predicted molar refractivity (Wildman–Crippen MR) is 85.3 cm³/mol. The molecule has 2 aromatic rings. The summed E-state index contributed by atoms with van der Waals surface area (Å²) < 4.78 is 12.0. The molecular formula is C16H21N3O4. The lowest BCUT2D eigenvalue weighted by molar-refractivity contribution is -0.132. The molecule has 1 aromatic heterocycles. The van der Waals surface area contributed by atoms with Crippen molar-refractivity contribution < 1.29 is 19.1 Å². The number of hydrogen-bond donors (Lipinski definition) is 1. The molecule has 7 nitrogen and oxygen atoms in total. The van der Waals surface area contributed by atoms with Crippen molar-refractivity contribution in [2.75, 3.05) is 6.54 Å². The predicted octanol–water partition coefficient (Wildman–Crippen LogP) is 2.49. The van der Waals surface area contributed by atoms with Crippen LogP contribution in [-0.4, -0.2) is 34.0 Å². The summed E-state index contributed by atoms with van der Waals surface area (Å²) in [5.41, 5.74) is 0.175. The van der Waals surface area contributed by atoms with E-state index in [9.17, 15) is 9.59 Å². The highest BCUT2D eigenvalue weighted by atomic mass is 16.6. The number of alkyl carbamates (subject to hydrolysis) is 1. The lowest BCUT2D eigenvalue weighted by Gasteiger charge is -2.19. The average molecular weight is 319 g/mol. The van der Waals surface area contributed by atoms with Crippen LogP contribution >= 0.6 is 0 Å². The highest BCUT2D eigenvalue weighted by Gasteiger charge is 2.17. The number of nitrogens with zero attached hydrogens (tertiary/aromatic N) is 2. The van der Waals surface area contributed by atoms with Crippen molar-refractivity contribution in [1.29, 1.82) is 0 Å². The molecule has 1 N–H and O–H groups in total. The molecular weight excluding hydrogens is 298 g/mol. The van der Waals surface area contributed by atoms with Gasteiger partial charge in [-0.25, -0.2) is 9.48 Å². The van der Waals surface area contributed by atoms with Crippen molar-refractivity contribution >= 4 is 23.0 Å². The molecule has 124 valence electrons. The minimum Gasteiger partial charge on any atom is -0.444 e. The molecule has 0 radical (unpaired) electrons. The van der Waals surface area contributed by atoms with Crippen LogP contribution in [0.15, 0.2) is 24.3 Å². The average Bonchev–Trinajstić information content (AvgIpc) is 2.74. The normalized spacial score (nSPS) is 11.3. The summed E-state index contributed by atoms with van der Waals surface area (Å²) in [6.45, 7) is 7.39. The van der Waals surface area contributed by atoms with Gasteiger partial charge >= 0.3 is 12.1 Å². The maximum atomic E-state index is 11.6. The van der Waals surface area contributed by atoms with Crippen LogP contribution in [0.2, 0.25) is 0 Å². The summed E-state index contributed by atoms with van der Waals surface area (Å²) in [6.07, 6.45) is -0.497. The molecule has 0 bridgehead atoms. The zero-order chi connectivity index (χ0) is 17.0. The fourth-order valence-corrected chi connectivity index (χ4v) is 2.03. The van der Waals surface area contributed by atoms with Crippen LogP contribution in [0.5, 0.6) is 5.88 Å². The number of rotatable bonds is 4. The number of nitrogens with one attached hydrogen (secondary N) is 1. The lowest BCUT2D eigenvalue weighted by Crippen LogP contribution is -2.34. The number of ether oxygens (including phenoxy) is 2. The van der Waals surface area contributed by atoms with Crippen LogP contribution in [0, 0.1) is 0 Å². The zero-order valence-electron chi connectivity index (χ0n) is 13.8. The summed E-state index contributed by atoms with van der Waals surface area (Å²) in [5, 5.41) is 7.78. The van der Waals surface area contributed by atoms with Gasteiger partial charge in [-0.1, -0.05) is 12.1 Å². The van der Waals surface area contributed by atoms with Gasteiger partial charge in [-0.15, -0.1) is 0 Å². The molecule has 7 heteroatoms. The number of hydrogen-bond acceptors (Lipinski definition) is 5. The van der Waals surface area contributed by atoms with Gasteiger partial charge in [0.2, 0.25) is 5.88 Å². The summed E-state index contributed by atoms with van der Waals surface area (Å²) in [4.78, 5) is 22.9. The Morgan fingerprint density at radius 3 is 2.61 bits per heavy atom. The SMILES string of the molecule is CC(=O)Oc1c2ccccc2nn1CCNC(=O)OC(C)(C)C. The van der Waals surface area contributed by atoms with E-state index in [-0.39, 0.29) is 0 Å². The third-order valence-corrected chi connectivity index (χ3v) is 2.83. The summed E-state index contributed by atoms with van der Waals surface area (Å²) in [5.74, 6) is -0.0453. The van der Waals surface area contributed by atoms with Gasteiger partial charge in [0.25, 0.3) is 0 Å². The molecule has 0 aliphatic heterocycles. The monoisotopic (exact) mass is 319 g/mol. The Kier molecular flexibility index (Phi) is 4.88. The number of amides is 1. The van der Waals surface area contributed by atoms with E-state index in [1.165, 1.54) is 6.92 Å². The number of fused-ring (bicyclic) bond motifs is 1. The first-order chi connectivity index (χ1) is 10.8. The maximum Gasteiger partial charge on any atom is 0.407 e.